The number of anilines is 2. The Morgan fingerprint density at radius 1 is 1.29 bits per heavy atom. The molecule has 1 aromatic carbocycles. The highest BCUT2D eigenvalue weighted by atomic mass is 32.1. The number of aromatic nitrogens is 2. The zero-order valence-electron chi connectivity index (χ0n) is 19.7. The molecule has 3 aromatic rings. The summed E-state index contributed by atoms with van der Waals surface area (Å²) in [7, 11) is 0. The van der Waals surface area contributed by atoms with Gasteiger partial charge in [0, 0.05) is 32.4 Å². The molecule has 186 valence electrons. The molecule has 8 nitrogen and oxygen atoms in total. The van der Waals surface area contributed by atoms with Gasteiger partial charge in [-0.1, -0.05) is 0 Å². The Morgan fingerprint density at radius 2 is 2.14 bits per heavy atom. The molecule has 0 aliphatic carbocycles. The summed E-state index contributed by atoms with van der Waals surface area (Å²) in [5.41, 5.74) is 1.44. The molecule has 1 amide bonds. The van der Waals surface area contributed by atoms with Crippen LogP contribution in [0.4, 0.5) is 15.9 Å². The summed E-state index contributed by atoms with van der Waals surface area (Å²) >= 11 is 1.35. The van der Waals surface area contributed by atoms with E-state index in [-0.39, 0.29) is 17.8 Å². The largest absolute Gasteiger partial charge is 0.487 e. The van der Waals surface area contributed by atoms with Crippen molar-refractivity contribution < 1.29 is 18.7 Å². The fourth-order valence-electron chi connectivity index (χ4n) is 4.58. The molecule has 0 bridgehead atoms. The van der Waals surface area contributed by atoms with Crippen molar-refractivity contribution in [3.8, 4) is 5.75 Å². The van der Waals surface area contributed by atoms with Crippen molar-refractivity contribution in [2.24, 2.45) is 5.92 Å². The van der Waals surface area contributed by atoms with E-state index >= 15 is 0 Å². The number of halogens is 1. The topological polar surface area (TPSA) is 97.4 Å². The number of carbonyl (C=O) groups is 1. The minimum Gasteiger partial charge on any atom is -0.487 e. The van der Waals surface area contributed by atoms with Gasteiger partial charge in [0.05, 0.1) is 16.0 Å². The predicted molar refractivity (Wildman–Crippen MR) is 134 cm³/mol. The molecule has 0 saturated carbocycles. The highest BCUT2D eigenvalue weighted by Gasteiger charge is 2.22. The van der Waals surface area contributed by atoms with Crippen LogP contribution in [0.2, 0.25) is 0 Å². The Hall–Kier alpha value is -2.82. The average molecular weight is 500 g/mol. The third-order valence-electron chi connectivity index (χ3n) is 6.57. The van der Waals surface area contributed by atoms with Crippen molar-refractivity contribution in [1.29, 1.82) is 0 Å². The van der Waals surface area contributed by atoms with Crippen LogP contribution in [0.25, 0.3) is 10.2 Å². The number of hydrogen-bond donors (Lipinski definition) is 3. The molecule has 3 N–H and O–H groups in total. The number of thiophene rings is 1. The molecule has 0 spiro atoms. The fourth-order valence-corrected chi connectivity index (χ4v) is 5.64. The van der Waals surface area contributed by atoms with E-state index in [4.69, 9.17) is 9.47 Å². The van der Waals surface area contributed by atoms with E-state index in [9.17, 15) is 9.18 Å². The third-order valence-corrected chi connectivity index (χ3v) is 7.77. The average Bonchev–Trinajstić information content (AvgIpc) is 3.23. The van der Waals surface area contributed by atoms with E-state index in [1.807, 2.05) is 6.92 Å². The van der Waals surface area contributed by atoms with Crippen LogP contribution in [-0.2, 0) is 4.74 Å². The number of benzene rings is 1. The Labute approximate surface area is 207 Å². The number of nitrogens with one attached hydrogen (secondary N) is 3. The molecule has 2 aromatic heterocycles. The zero-order valence-corrected chi connectivity index (χ0v) is 20.5. The van der Waals surface area contributed by atoms with Crippen LogP contribution >= 0.6 is 11.3 Å². The molecule has 2 fully saturated rings. The van der Waals surface area contributed by atoms with Crippen molar-refractivity contribution in [3.05, 3.63) is 40.8 Å². The van der Waals surface area contributed by atoms with Crippen molar-refractivity contribution >= 4 is 39.0 Å². The lowest BCUT2D eigenvalue weighted by molar-refractivity contribution is 0.0643. The monoisotopic (exact) mass is 499 g/mol. The number of aryl methyl sites for hydroxylation is 1. The number of fused-ring (bicyclic) bond motifs is 1. The van der Waals surface area contributed by atoms with Gasteiger partial charge in [-0.3, -0.25) is 4.79 Å². The molecular weight excluding hydrogens is 469 g/mol. The molecule has 2 aliphatic heterocycles. The number of rotatable bonds is 7. The van der Waals surface area contributed by atoms with Crippen molar-refractivity contribution in [3.63, 3.8) is 0 Å². The lowest BCUT2D eigenvalue weighted by atomic mass is 10.0. The van der Waals surface area contributed by atoms with Gasteiger partial charge in [-0.25, -0.2) is 14.4 Å². The smallest absolute Gasteiger partial charge is 0.261 e. The highest BCUT2D eigenvalue weighted by Crippen LogP contribution is 2.37. The van der Waals surface area contributed by atoms with Gasteiger partial charge in [-0.2, -0.15) is 0 Å². The first-order valence-electron chi connectivity index (χ1n) is 12.1. The van der Waals surface area contributed by atoms with Crippen LogP contribution in [-0.4, -0.2) is 54.8 Å². The molecule has 1 unspecified atom stereocenters. The van der Waals surface area contributed by atoms with Gasteiger partial charge in [0.15, 0.2) is 0 Å². The Kier molecular flexibility index (Phi) is 7.40. The second kappa shape index (κ2) is 10.8. The maximum Gasteiger partial charge on any atom is 0.261 e. The highest BCUT2D eigenvalue weighted by molar-refractivity contribution is 7.20. The van der Waals surface area contributed by atoms with Gasteiger partial charge in [0.1, 0.15) is 34.6 Å². The quantitative estimate of drug-likeness (QED) is 0.449. The van der Waals surface area contributed by atoms with E-state index < -0.39 is 0 Å². The Bertz CT molecular complexity index is 1190. The van der Waals surface area contributed by atoms with Crippen molar-refractivity contribution in [2.75, 3.05) is 38.2 Å². The van der Waals surface area contributed by atoms with E-state index in [1.165, 1.54) is 29.8 Å². The number of amides is 1. The lowest BCUT2D eigenvalue weighted by Crippen LogP contribution is -2.37. The number of carbonyl (C=O) groups excluding carboxylic acids is 1. The molecule has 10 heteroatoms. The second-order valence-electron chi connectivity index (χ2n) is 9.08. The van der Waals surface area contributed by atoms with Gasteiger partial charge < -0.3 is 25.4 Å². The Balaban J connectivity index is 1.37. The third kappa shape index (κ3) is 5.55. The summed E-state index contributed by atoms with van der Waals surface area (Å²) in [4.78, 5) is 23.2. The molecule has 1 atom stereocenters. The minimum absolute atomic E-state index is 0.0228. The molecule has 2 saturated heterocycles. The number of hydrogen-bond acceptors (Lipinski definition) is 8. The normalized spacial score (nSPS) is 19.0. The van der Waals surface area contributed by atoms with Crippen LogP contribution in [0, 0.1) is 18.7 Å². The van der Waals surface area contributed by atoms with Crippen molar-refractivity contribution in [2.45, 2.75) is 38.7 Å². The van der Waals surface area contributed by atoms with Crippen LogP contribution in [0.3, 0.4) is 0 Å². The summed E-state index contributed by atoms with van der Waals surface area (Å²) in [5.74, 6) is 0.977. The maximum absolute atomic E-state index is 14.1. The van der Waals surface area contributed by atoms with Crippen LogP contribution in [0.1, 0.15) is 40.9 Å². The van der Waals surface area contributed by atoms with Gasteiger partial charge in [0.25, 0.3) is 5.91 Å². The number of piperidine rings is 1. The van der Waals surface area contributed by atoms with Crippen LogP contribution in [0.5, 0.6) is 5.75 Å². The summed E-state index contributed by atoms with van der Waals surface area (Å²) in [6.07, 6.45) is 5.30. The van der Waals surface area contributed by atoms with Crippen LogP contribution < -0.4 is 20.7 Å². The standard InChI is InChI=1S/C25H30FN5O3S/c1-15-21-23(31-19-5-4-17(26)11-20(19)34-18-3-2-8-27-13-18)29-14-30-25(21)35-22(15)24(32)28-12-16-6-9-33-10-7-16/h4-5,11,14,16,18,27H,2-3,6-10,12-13H2,1H3,(H,28,32)(H,29,30,31). The number of ether oxygens (including phenoxy) is 2. The first-order valence-corrected chi connectivity index (χ1v) is 12.9. The van der Waals surface area contributed by atoms with E-state index in [1.54, 1.807) is 6.07 Å². The summed E-state index contributed by atoms with van der Waals surface area (Å²) < 4.78 is 25.6. The Morgan fingerprint density at radius 3 is 2.94 bits per heavy atom. The zero-order chi connectivity index (χ0) is 24.2. The van der Waals surface area contributed by atoms with Gasteiger partial charge >= 0.3 is 0 Å². The first kappa shape index (κ1) is 23.9. The van der Waals surface area contributed by atoms with E-state index in [2.05, 4.69) is 25.9 Å². The summed E-state index contributed by atoms with van der Waals surface area (Å²) in [6.45, 7) is 5.74. The summed E-state index contributed by atoms with van der Waals surface area (Å²) in [5, 5.41) is 10.5. The lowest BCUT2D eigenvalue weighted by Gasteiger charge is -2.25. The van der Waals surface area contributed by atoms with E-state index in [0.717, 1.165) is 67.8 Å². The van der Waals surface area contributed by atoms with E-state index in [0.29, 0.717) is 34.6 Å². The van der Waals surface area contributed by atoms with Crippen LogP contribution in [0.15, 0.2) is 24.5 Å². The molecule has 2 aliphatic rings. The predicted octanol–water partition coefficient (Wildman–Crippen LogP) is 4.17. The van der Waals surface area contributed by atoms with Gasteiger partial charge in [-0.15, -0.1) is 11.3 Å². The molecule has 5 rings (SSSR count). The molecule has 4 heterocycles. The fraction of sp³-hybridized carbons (Fsp3) is 0.480. The SMILES string of the molecule is Cc1c(C(=O)NCC2CCOCC2)sc2ncnc(Nc3ccc(F)cc3OC3CCCNC3)c12. The molecule has 0 radical (unpaired) electrons. The summed E-state index contributed by atoms with van der Waals surface area (Å²) in [6, 6.07) is 4.44. The van der Waals surface area contributed by atoms with Gasteiger partial charge in [-0.05, 0) is 62.8 Å². The molecular formula is C25H30FN5O3S. The number of nitrogens with zero attached hydrogens (tertiary/aromatic N) is 2. The maximum atomic E-state index is 14.1. The molecule has 35 heavy (non-hydrogen) atoms. The van der Waals surface area contributed by atoms with Gasteiger partial charge in [0.2, 0.25) is 0 Å². The minimum atomic E-state index is -0.364. The first-order chi connectivity index (χ1) is 17.1. The second-order valence-corrected chi connectivity index (χ2v) is 10.1. The van der Waals surface area contributed by atoms with Crippen molar-refractivity contribution in [1.82, 2.24) is 20.6 Å².